The number of aromatic hydroxyl groups is 3. The van der Waals surface area contributed by atoms with E-state index in [1.807, 2.05) is 0 Å². The number of aliphatic hydroxyl groups is 6. The van der Waals surface area contributed by atoms with Gasteiger partial charge in [0.1, 0.15) is 42.7 Å². The molecular formula is C32H38O18. The van der Waals surface area contributed by atoms with Gasteiger partial charge in [-0.15, -0.1) is 0 Å². The van der Waals surface area contributed by atoms with Crippen LogP contribution in [0.25, 0.3) is 12.2 Å². The van der Waals surface area contributed by atoms with Crippen LogP contribution in [0.3, 0.4) is 0 Å². The molecule has 0 bridgehead atoms. The number of rotatable bonds is 12. The van der Waals surface area contributed by atoms with Crippen molar-refractivity contribution in [2.24, 2.45) is 0 Å². The Morgan fingerprint density at radius 3 is 1.88 bits per heavy atom. The second-order valence-electron chi connectivity index (χ2n) is 11.1. The Balaban J connectivity index is 1.44. The van der Waals surface area contributed by atoms with Crippen molar-refractivity contribution in [2.75, 3.05) is 27.4 Å². The molecule has 2 aromatic carbocycles. The van der Waals surface area contributed by atoms with Crippen molar-refractivity contribution in [1.29, 1.82) is 0 Å². The van der Waals surface area contributed by atoms with Gasteiger partial charge < -0.3 is 79.1 Å². The summed E-state index contributed by atoms with van der Waals surface area (Å²) in [6.45, 7) is -1.48. The molecule has 0 amide bonds. The van der Waals surface area contributed by atoms with E-state index < -0.39 is 92.3 Å². The maximum atomic E-state index is 12.8. The van der Waals surface area contributed by atoms with Crippen LogP contribution >= 0.6 is 0 Å². The fourth-order valence-electron chi connectivity index (χ4n) is 4.97. The van der Waals surface area contributed by atoms with E-state index in [0.29, 0.717) is 11.1 Å². The quantitative estimate of drug-likeness (QED) is 0.0672. The normalized spacial score (nSPS) is 29.9. The summed E-state index contributed by atoms with van der Waals surface area (Å²) in [5.74, 6) is -3.11. The van der Waals surface area contributed by atoms with Gasteiger partial charge in [0.15, 0.2) is 35.4 Å². The van der Waals surface area contributed by atoms with Gasteiger partial charge in [0.2, 0.25) is 12.0 Å². The van der Waals surface area contributed by atoms with Crippen LogP contribution in [0.1, 0.15) is 11.1 Å². The van der Waals surface area contributed by atoms with Gasteiger partial charge in [-0.2, -0.15) is 0 Å². The average Bonchev–Trinajstić information content (AvgIpc) is 3.10. The lowest BCUT2D eigenvalue weighted by Gasteiger charge is -2.43. The Hall–Kier alpha value is -4.50. The van der Waals surface area contributed by atoms with Crippen LogP contribution in [0.5, 0.6) is 28.7 Å². The van der Waals surface area contributed by atoms with E-state index in [1.54, 1.807) is 0 Å². The molecule has 0 radical (unpaired) electrons. The van der Waals surface area contributed by atoms with Crippen molar-refractivity contribution in [1.82, 2.24) is 0 Å². The van der Waals surface area contributed by atoms with Crippen molar-refractivity contribution in [3.8, 4) is 28.7 Å². The lowest BCUT2D eigenvalue weighted by molar-refractivity contribution is -0.327. The summed E-state index contributed by atoms with van der Waals surface area (Å²) in [6, 6.07) is 6.52. The number of benzene rings is 2. The van der Waals surface area contributed by atoms with Crippen molar-refractivity contribution in [3.63, 3.8) is 0 Å². The average molecular weight is 711 g/mol. The Morgan fingerprint density at radius 2 is 1.28 bits per heavy atom. The molecule has 4 rings (SSSR count). The monoisotopic (exact) mass is 710 g/mol. The Morgan fingerprint density at radius 1 is 0.700 bits per heavy atom. The standard InChI is InChI=1S/C32H38O18/c1-44-18-10-15(11-19(45-2)24(18)38)5-8-22(36)49-30-28(42)25(39)20(12-33)47-32(30)46-13-21-26(40)27(41)29(43)31(48-21)50-23(37)7-4-14-3-6-16(34)17(35)9-14/h3-11,20-21,25-35,38-43H,12-13H2,1-2H3. The summed E-state index contributed by atoms with van der Waals surface area (Å²) in [4.78, 5) is 25.2. The molecule has 2 aliphatic rings. The number of esters is 2. The molecule has 0 aliphatic carbocycles. The number of methoxy groups -OCH3 is 2. The maximum absolute atomic E-state index is 12.8. The molecule has 0 saturated carbocycles. The number of hydrogen-bond donors (Lipinski definition) is 9. The smallest absolute Gasteiger partial charge is 0.333 e. The number of carbonyl (C=O) groups is 2. The lowest BCUT2D eigenvalue weighted by Crippen LogP contribution is -2.62. The van der Waals surface area contributed by atoms with E-state index in [2.05, 4.69) is 0 Å². The summed E-state index contributed by atoms with van der Waals surface area (Å²) in [5, 5.41) is 91.3. The van der Waals surface area contributed by atoms with Crippen LogP contribution in [0.4, 0.5) is 0 Å². The van der Waals surface area contributed by atoms with Crippen molar-refractivity contribution < 1.29 is 88.7 Å². The predicted molar refractivity (Wildman–Crippen MR) is 165 cm³/mol. The molecule has 2 aliphatic heterocycles. The molecule has 2 aromatic rings. The highest BCUT2D eigenvalue weighted by Crippen LogP contribution is 2.37. The predicted octanol–water partition coefficient (Wildman–Crippen LogP) is -1.73. The van der Waals surface area contributed by atoms with Gasteiger partial charge in [-0.05, 0) is 47.5 Å². The summed E-state index contributed by atoms with van der Waals surface area (Å²) in [5.41, 5.74) is 0.647. The largest absolute Gasteiger partial charge is 0.504 e. The molecule has 2 fully saturated rings. The van der Waals surface area contributed by atoms with Crippen LogP contribution < -0.4 is 9.47 Å². The summed E-state index contributed by atoms with van der Waals surface area (Å²) < 4.78 is 37.1. The third-order valence-corrected chi connectivity index (χ3v) is 7.73. The van der Waals surface area contributed by atoms with Crippen molar-refractivity contribution >= 4 is 24.1 Å². The van der Waals surface area contributed by atoms with Gasteiger partial charge in [-0.25, -0.2) is 9.59 Å². The highest BCUT2D eigenvalue weighted by Gasteiger charge is 2.49. The van der Waals surface area contributed by atoms with Gasteiger partial charge >= 0.3 is 11.9 Å². The van der Waals surface area contributed by atoms with E-state index in [9.17, 15) is 55.5 Å². The zero-order valence-corrected chi connectivity index (χ0v) is 26.6. The maximum Gasteiger partial charge on any atom is 0.333 e. The van der Waals surface area contributed by atoms with Gasteiger partial charge in [0.05, 0.1) is 27.4 Å². The van der Waals surface area contributed by atoms with E-state index in [4.69, 9.17) is 33.2 Å². The van der Waals surface area contributed by atoms with E-state index in [1.165, 1.54) is 50.6 Å². The van der Waals surface area contributed by atoms with E-state index in [-0.39, 0.29) is 23.0 Å². The van der Waals surface area contributed by atoms with Crippen molar-refractivity contribution in [2.45, 2.75) is 61.4 Å². The summed E-state index contributed by atoms with van der Waals surface area (Å²) in [6.07, 6.45) is -13.0. The van der Waals surface area contributed by atoms with Crippen LogP contribution in [0, 0.1) is 0 Å². The van der Waals surface area contributed by atoms with Gasteiger partial charge in [-0.3, -0.25) is 0 Å². The number of ether oxygens (including phenoxy) is 7. The first kappa shape index (κ1) is 38.3. The molecule has 10 atom stereocenters. The first-order chi connectivity index (χ1) is 23.8. The van der Waals surface area contributed by atoms with Crippen LogP contribution in [-0.2, 0) is 33.3 Å². The Bertz CT molecular complexity index is 1520. The highest BCUT2D eigenvalue weighted by molar-refractivity contribution is 5.88. The minimum atomic E-state index is -1.91. The van der Waals surface area contributed by atoms with Crippen LogP contribution in [0.2, 0.25) is 0 Å². The van der Waals surface area contributed by atoms with E-state index >= 15 is 0 Å². The fraction of sp³-hybridized carbons (Fsp3) is 0.438. The first-order valence-electron chi connectivity index (χ1n) is 15.0. The second-order valence-corrected chi connectivity index (χ2v) is 11.1. The third kappa shape index (κ3) is 8.99. The molecule has 2 heterocycles. The lowest BCUT2D eigenvalue weighted by atomic mass is 9.98. The van der Waals surface area contributed by atoms with E-state index in [0.717, 1.165) is 18.2 Å². The molecule has 18 nitrogen and oxygen atoms in total. The number of phenolic OH excluding ortho intramolecular Hbond substituents is 3. The molecule has 0 aromatic heterocycles. The number of carbonyl (C=O) groups excluding carboxylic acids is 2. The Labute approximate surface area is 284 Å². The molecule has 274 valence electrons. The molecule has 0 spiro atoms. The van der Waals surface area contributed by atoms with Gasteiger partial charge in [0, 0.05) is 12.2 Å². The van der Waals surface area contributed by atoms with Gasteiger partial charge in [0.25, 0.3) is 0 Å². The second kappa shape index (κ2) is 16.9. The molecule has 50 heavy (non-hydrogen) atoms. The molecular weight excluding hydrogens is 672 g/mol. The summed E-state index contributed by atoms with van der Waals surface area (Å²) >= 11 is 0. The molecule has 18 heteroatoms. The number of aliphatic hydroxyl groups excluding tert-OH is 6. The van der Waals surface area contributed by atoms with Crippen LogP contribution in [0.15, 0.2) is 42.5 Å². The summed E-state index contributed by atoms with van der Waals surface area (Å²) in [7, 11) is 2.62. The number of phenols is 3. The minimum absolute atomic E-state index is 0.0496. The minimum Gasteiger partial charge on any atom is -0.504 e. The van der Waals surface area contributed by atoms with Crippen molar-refractivity contribution in [3.05, 3.63) is 53.6 Å². The SMILES string of the molecule is COc1cc(C=CC(=O)OC2C(OCC3OC(OC(=O)C=Cc4ccc(O)c(O)c4)C(O)C(O)C3O)OC(CO)C(O)C2O)cc(OC)c1O. The highest BCUT2D eigenvalue weighted by atomic mass is 16.7. The Kier molecular flexibility index (Phi) is 13.0. The third-order valence-electron chi connectivity index (χ3n) is 7.73. The molecule has 10 unspecified atom stereocenters. The topological polar surface area (TPSA) is 281 Å². The molecule has 9 N–H and O–H groups in total. The van der Waals surface area contributed by atoms with Gasteiger partial charge in [-0.1, -0.05) is 6.07 Å². The molecule has 2 saturated heterocycles. The number of hydrogen-bond acceptors (Lipinski definition) is 18. The first-order valence-corrected chi connectivity index (χ1v) is 15.0. The fourth-order valence-corrected chi connectivity index (χ4v) is 4.97. The zero-order valence-electron chi connectivity index (χ0n) is 26.6. The van der Waals surface area contributed by atoms with Crippen LogP contribution in [-0.4, -0.2) is 147 Å². The zero-order chi connectivity index (χ0) is 36.7.